The number of benzene rings is 2. The van der Waals surface area contributed by atoms with Crippen LogP contribution in [0.1, 0.15) is 32.1 Å². The molecular weight excluding hydrogens is 440 g/mol. The molecule has 1 aromatic heterocycles. The fourth-order valence-electron chi connectivity index (χ4n) is 4.40. The highest BCUT2D eigenvalue weighted by molar-refractivity contribution is 6.30. The van der Waals surface area contributed by atoms with Gasteiger partial charge in [-0.1, -0.05) is 30.7 Å². The van der Waals surface area contributed by atoms with Gasteiger partial charge < -0.3 is 9.64 Å². The smallest absolute Gasteiger partial charge is 0.261 e. The molecule has 2 heterocycles. The molecule has 1 unspecified atom stereocenters. The van der Waals surface area contributed by atoms with Crippen LogP contribution in [0.15, 0.2) is 53.3 Å². The van der Waals surface area contributed by atoms with E-state index in [9.17, 15) is 9.59 Å². The Labute approximate surface area is 198 Å². The first-order chi connectivity index (χ1) is 16.0. The SMILES string of the molecule is CCC(c1nc2ccccc2c(=O)n1CC)N1CCN(C(=O)COc2ccc(Cl)cc2)CC1. The van der Waals surface area contributed by atoms with Crippen LogP contribution in [0.4, 0.5) is 0 Å². The van der Waals surface area contributed by atoms with Gasteiger partial charge in [0.05, 0.1) is 16.9 Å². The number of amides is 1. The topological polar surface area (TPSA) is 67.7 Å². The maximum Gasteiger partial charge on any atom is 0.261 e. The number of rotatable bonds is 7. The Morgan fingerprint density at radius 1 is 1.06 bits per heavy atom. The van der Waals surface area contributed by atoms with Crippen molar-refractivity contribution >= 4 is 28.4 Å². The second-order valence-corrected chi connectivity index (χ2v) is 8.56. The van der Waals surface area contributed by atoms with Gasteiger partial charge in [0.25, 0.3) is 11.5 Å². The fourth-order valence-corrected chi connectivity index (χ4v) is 4.53. The predicted molar refractivity (Wildman–Crippen MR) is 130 cm³/mol. The molecule has 8 heteroatoms. The predicted octanol–water partition coefficient (Wildman–Crippen LogP) is 3.74. The lowest BCUT2D eigenvalue weighted by Gasteiger charge is -2.39. The molecule has 174 valence electrons. The molecule has 0 N–H and O–H groups in total. The van der Waals surface area contributed by atoms with E-state index in [-0.39, 0.29) is 24.1 Å². The standard InChI is InChI=1S/C25H29ClN4O3/c1-3-22(24-27-21-8-6-5-7-20(21)25(32)30(24)4-2)28-13-15-29(16-14-28)23(31)17-33-19-11-9-18(26)10-12-19/h5-12,22H,3-4,13-17H2,1-2H3. The van der Waals surface area contributed by atoms with Gasteiger partial charge in [0, 0.05) is 37.7 Å². The Morgan fingerprint density at radius 2 is 1.76 bits per heavy atom. The van der Waals surface area contributed by atoms with Crippen molar-refractivity contribution in [3.05, 3.63) is 69.7 Å². The zero-order chi connectivity index (χ0) is 23.4. The molecule has 1 amide bonds. The van der Waals surface area contributed by atoms with Gasteiger partial charge in [0.2, 0.25) is 0 Å². The van der Waals surface area contributed by atoms with E-state index < -0.39 is 0 Å². The zero-order valence-corrected chi connectivity index (χ0v) is 19.8. The number of carbonyl (C=O) groups is 1. The van der Waals surface area contributed by atoms with E-state index in [1.54, 1.807) is 28.8 Å². The third kappa shape index (κ3) is 5.04. The van der Waals surface area contributed by atoms with Crippen molar-refractivity contribution in [3.63, 3.8) is 0 Å². The summed E-state index contributed by atoms with van der Waals surface area (Å²) < 4.78 is 7.40. The van der Waals surface area contributed by atoms with Crippen molar-refractivity contribution in [1.29, 1.82) is 0 Å². The maximum absolute atomic E-state index is 13.1. The van der Waals surface area contributed by atoms with Crippen LogP contribution >= 0.6 is 11.6 Å². The summed E-state index contributed by atoms with van der Waals surface area (Å²) in [6.45, 7) is 7.33. The highest BCUT2D eigenvalue weighted by Gasteiger charge is 2.29. The Hall–Kier alpha value is -2.90. The number of fused-ring (bicyclic) bond motifs is 1. The van der Waals surface area contributed by atoms with Gasteiger partial charge in [-0.15, -0.1) is 0 Å². The molecule has 3 aromatic rings. The van der Waals surface area contributed by atoms with Crippen LogP contribution in [0.3, 0.4) is 0 Å². The molecule has 0 bridgehead atoms. The average Bonchev–Trinajstić information content (AvgIpc) is 2.85. The molecule has 2 aromatic carbocycles. The maximum atomic E-state index is 13.1. The van der Waals surface area contributed by atoms with Crippen LogP contribution in [0.2, 0.25) is 5.02 Å². The second kappa shape index (κ2) is 10.4. The molecule has 4 rings (SSSR count). The minimum Gasteiger partial charge on any atom is -0.484 e. The summed E-state index contributed by atoms with van der Waals surface area (Å²) in [7, 11) is 0. The Bertz CT molecular complexity index is 1170. The lowest BCUT2D eigenvalue weighted by atomic mass is 10.1. The van der Waals surface area contributed by atoms with E-state index in [0.29, 0.717) is 35.8 Å². The number of hydrogen-bond donors (Lipinski definition) is 0. The van der Waals surface area contributed by atoms with Crippen molar-refractivity contribution in [1.82, 2.24) is 19.4 Å². The van der Waals surface area contributed by atoms with Crippen molar-refractivity contribution in [2.24, 2.45) is 0 Å². The molecule has 1 fully saturated rings. The van der Waals surface area contributed by atoms with E-state index in [2.05, 4.69) is 11.8 Å². The van der Waals surface area contributed by atoms with Gasteiger partial charge in [-0.3, -0.25) is 19.1 Å². The lowest BCUT2D eigenvalue weighted by molar-refractivity contribution is -0.135. The van der Waals surface area contributed by atoms with Crippen molar-refractivity contribution in [3.8, 4) is 5.75 Å². The van der Waals surface area contributed by atoms with E-state index in [4.69, 9.17) is 21.3 Å². The molecule has 1 atom stereocenters. The van der Waals surface area contributed by atoms with E-state index >= 15 is 0 Å². The van der Waals surface area contributed by atoms with E-state index in [0.717, 1.165) is 30.9 Å². The summed E-state index contributed by atoms with van der Waals surface area (Å²) in [4.78, 5) is 34.8. The molecule has 0 spiro atoms. The number of piperazine rings is 1. The summed E-state index contributed by atoms with van der Waals surface area (Å²) >= 11 is 5.89. The summed E-state index contributed by atoms with van der Waals surface area (Å²) in [5.41, 5.74) is 0.735. The molecule has 33 heavy (non-hydrogen) atoms. The third-order valence-corrected chi connectivity index (χ3v) is 6.43. The summed E-state index contributed by atoms with van der Waals surface area (Å²) in [6.07, 6.45) is 0.832. The molecule has 1 aliphatic rings. The first kappa shape index (κ1) is 23.3. The van der Waals surface area contributed by atoms with Crippen LogP contribution in [0.25, 0.3) is 10.9 Å². The van der Waals surface area contributed by atoms with Crippen LogP contribution in [0.5, 0.6) is 5.75 Å². The van der Waals surface area contributed by atoms with Crippen LogP contribution in [0, 0.1) is 0 Å². The molecule has 0 saturated carbocycles. The van der Waals surface area contributed by atoms with Gasteiger partial charge in [0.15, 0.2) is 6.61 Å². The number of carbonyl (C=O) groups excluding carboxylic acids is 1. The van der Waals surface area contributed by atoms with Gasteiger partial charge in [-0.05, 0) is 49.7 Å². The van der Waals surface area contributed by atoms with Crippen LogP contribution in [-0.2, 0) is 11.3 Å². The number of halogens is 1. The summed E-state index contributed by atoms with van der Waals surface area (Å²) in [5, 5.41) is 1.28. The number of para-hydroxylation sites is 1. The number of hydrogen-bond acceptors (Lipinski definition) is 5. The Kier molecular flexibility index (Phi) is 7.30. The molecule has 1 saturated heterocycles. The normalized spacial score (nSPS) is 15.5. The molecule has 0 radical (unpaired) electrons. The Morgan fingerprint density at radius 3 is 2.42 bits per heavy atom. The minimum atomic E-state index is -0.0352. The number of nitrogens with zero attached hydrogens (tertiary/aromatic N) is 4. The van der Waals surface area contributed by atoms with Gasteiger partial charge >= 0.3 is 0 Å². The highest BCUT2D eigenvalue weighted by Crippen LogP contribution is 2.25. The van der Waals surface area contributed by atoms with Crippen molar-refractivity contribution < 1.29 is 9.53 Å². The third-order valence-electron chi connectivity index (χ3n) is 6.18. The van der Waals surface area contributed by atoms with Crippen molar-refractivity contribution in [2.75, 3.05) is 32.8 Å². The molecule has 7 nitrogen and oxygen atoms in total. The first-order valence-electron chi connectivity index (χ1n) is 11.4. The van der Waals surface area contributed by atoms with Crippen LogP contribution < -0.4 is 10.3 Å². The summed E-state index contributed by atoms with van der Waals surface area (Å²) in [6, 6.07) is 14.5. The first-order valence-corrected chi connectivity index (χ1v) is 11.8. The zero-order valence-electron chi connectivity index (χ0n) is 19.0. The fraction of sp³-hybridized carbons (Fsp3) is 0.400. The Balaban J connectivity index is 1.43. The quantitative estimate of drug-likeness (QED) is 0.528. The summed E-state index contributed by atoms with van der Waals surface area (Å²) in [5.74, 6) is 1.39. The van der Waals surface area contributed by atoms with Gasteiger partial charge in [-0.25, -0.2) is 4.98 Å². The lowest BCUT2D eigenvalue weighted by Crippen LogP contribution is -2.51. The number of ether oxygens (including phenoxy) is 1. The van der Waals surface area contributed by atoms with Crippen LogP contribution in [-0.4, -0.2) is 58.0 Å². The highest BCUT2D eigenvalue weighted by atomic mass is 35.5. The van der Waals surface area contributed by atoms with Gasteiger partial charge in [-0.2, -0.15) is 0 Å². The monoisotopic (exact) mass is 468 g/mol. The van der Waals surface area contributed by atoms with E-state index in [1.165, 1.54) is 0 Å². The number of aromatic nitrogens is 2. The average molecular weight is 469 g/mol. The molecular formula is C25H29ClN4O3. The van der Waals surface area contributed by atoms with Crippen molar-refractivity contribution in [2.45, 2.75) is 32.9 Å². The van der Waals surface area contributed by atoms with E-state index in [1.807, 2.05) is 36.1 Å². The molecule has 1 aliphatic heterocycles. The second-order valence-electron chi connectivity index (χ2n) is 8.12. The molecule has 0 aliphatic carbocycles. The minimum absolute atomic E-state index is 0.000442. The van der Waals surface area contributed by atoms with Gasteiger partial charge in [0.1, 0.15) is 11.6 Å². The largest absolute Gasteiger partial charge is 0.484 e.